The third-order valence-electron chi connectivity index (χ3n) is 7.79. The topological polar surface area (TPSA) is 136 Å². The highest BCUT2D eigenvalue weighted by Crippen LogP contribution is 2.33. The van der Waals surface area contributed by atoms with Crippen molar-refractivity contribution < 1.29 is 31.9 Å². The Kier molecular flexibility index (Phi) is 9.29. The predicted octanol–water partition coefficient (Wildman–Crippen LogP) is 3.79. The van der Waals surface area contributed by atoms with E-state index in [2.05, 4.69) is 20.4 Å². The summed E-state index contributed by atoms with van der Waals surface area (Å²) in [7, 11) is 0.868. The molecule has 1 aromatic heterocycles. The normalized spacial score (nSPS) is 17.1. The standard InChI is InChI=1S/C29H37N5O7S/c1-38-23-9-7-21(17-25(23)40-3)28-31-27(41-32-28)19-33-15-11-20(12-16-33)29(35)30-22-8-10-24(39-2)26(18-22)42(36,37)34-13-5-4-6-14-34/h7-10,17-18,20H,4-6,11-16,19H2,1-3H3,(H,30,35). The number of carbonyl (C=O) groups is 1. The zero-order chi connectivity index (χ0) is 29.7. The smallest absolute Gasteiger partial charge is 0.246 e. The van der Waals surface area contributed by atoms with Crippen molar-refractivity contribution >= 4 is 21.6 Å². The monoisotopic (exact) mass is 599 g/mol. The molecule has 13 heteroatoms. The molecule has 2 saturated heterocycles. The highest BCUT2D eigenvalue weighted by atomic mass is 32.2. The van der Waals surface area contributed by atoms with Gasteiger partial charge in [-0.25, -0.2) is 8.42 Å². The number of carbonyl (C=O) groups excluding carboxylic acids is 1. The number of nitrogens with one attached hydrogen (secondary N) is 1. The van der Waals surface area contributed by atoms with E-state index >= 15 is 0 Å². The number of anilines is 1. The zero-order valence-corrected chi connectivity index (χ0v) is 25.0. The molecule has 2 aliphatic rings. The van der Waals surface area contributed by atoms with E-state index in [4.69, 9.17) is 18.7 Å². The second-order valence-electron chi connectivity index (χ2n) is 10.5. The van der Waals surface area contributed by atoms with Crippen LogP contribution in [0, 0.1) is 5.92 Å². The Morgan fingerprint density at radius 2 is 1.62 bits per heavy atom. The summed E-state index contributed by atoms with van der Waals surface area (Å²) in [6.07, 6.45) is 3.99. The highest BCUT2D eigenvalue weighted by Gasteiger charge is 2.30. The molecule has 1 N–H and O–H groups in total. The molecule has 0 spiro atoms. The molecule has 42 heavy (non-hydrogen) atoms. The number of hydrogen-bond donors (Lipinski definition) is 1. The summed E-state index contributed by atoms with van der Waals surface area (Å²) in [5, 5.41) is 7.04. The third-order valence-corrected chi connectivity index (χ3v) is 9.71. The fourth-order valence-electron chi connectivity index (χ4n) is 5.40. The maximum Gasteiger partial charge on any atom is 0.246 e. The van der Waals surface area contributed by atoms with Crippen LogP contribution in [0.5, 0.6) is 17.2 Å². The Morgan fingerprint density at radius 1 is 0.929 bits per heavy atom. The second-order valence-corrected chi connectivity index (χ2v) is 12.4. The summed E-state index contributed by atoms with van der Waals surface area (Å²) >= 11 is 0. The Morgan fingerprint density at radius 3 is 2.31 bits per heavy atom. The fraction of sp³-hybridized carbons (Fsp3) is 0.483. The van der Waals surface area contributed by atoms with Crippen LogP contribution in [-0.2, 0) is 21.4 Å². The minimum absolute atomic E-state index is 0.0755. The molecule has 2 fully saturated rings. The molecular weight excluding hydrogens is 562 g/mol. The van der Waals surface area contributed by atoms with Gasteiger partial charge in [-0.1, -0.05) is 11.6 Å². The van der Waals surface area contributed by atoms with E-state index in [1.165, 1.54) is 17.5 Å². The van der Waals surface area contributed by atoms with Crippen LogP contribution in [0.3, 0.4) is 0 Å². The lowest BCUT2D eigenvalue weighted by Crippen LogP contribution is -2.38. The number of amides is 1. The van der Waals surface area contributed by atoms with Crippen molar-refractivity contribution in [2.24, 2.45) is 5.92 Å². The molecule has 0 atom stereocenters. The summed E-state index contributed by atoms with van der Waals surface area (Å²) < 4.78 is 49.6. The van der Waals surface area contributed by atoms with Crippen LogP contribution in [0.15, 0.2) is 45.8 Å². The lowest BCUT2D eigenvalue weighted by molar-refractivity contribution is -0.121. The Bertz CT molecular complexity index is 1500. The van der Waals surface area contributed by atoms with Crippen LogP contribution in [-0.4, -0.2) is 81.2 Å². The van der Waals surface area contributed by atoms with Crippen LogP contribution in [0.4, 0.5) is 5.69 Å². The number of ether oxygens (including phenoxy) is 3. The van der Waals surface area contributed by atoms with Crippen LogP contribution >= 0.6 is 0 Å². The number of hydrogen-bond acceptors (Lipinski definition) is 10. The number of benzene rings is 2. The maximum absolute atomic E-state index is 13.3. The van der Waals surface area contributed by atoms with Gasteiger partial charge in [-0.05, 0) is 75.2 Å². The molecule has 0 radical (unpaired) electrons. The molecule has 5 rings (SSSR count). The number of rotatable bonds is 10. The van der Waals surface area contributed by atoms with Gasteiger partial charge in [-0.2, -0.15) is 9.29 Å². The molecule has 12 nitrogen and oxygen atoms in total. The average molecular weight is 600 g/mol. The molecule has 1 amide bonds. The van der Waals surface area contributed by atoms with E-state index in [-0.39, 0.29) is 22.5 Å². The van der Waals surface area contributed by atoms with Gasteiger partial charge in [0.25, 0.3) is 0 Å². The molecule has 3 heterocycles. The Hall–Kier alpha value is -3.68. The lowest BCUT2D eigenvalue weighted by atomic mass is 9.96. The van der Waals surface area contributed by atoms with Crippen molar-refractivity contribution in [3.05, 3.63) is 42.3 Å². The van der Waals surface area contributed by atoms with E-state index in [0.29, 0.717) is 74.5 Å². The van der Waals surface area contributed by atoms with Crippen molar-refractivity contribution in [1.82, 2.24) is 19.3 Å². The molecule has 2 aliphatic heterocycles. The SMILES string of the molecule is COc1ccc(-c2noc(CN3CCC(C(=O)Nc4ccc(OC)c(S(=O)(=O)N5CCCCC5)c4)CC3)n2)cc1OC. The molecule has 0 saturated carbocycles. The number of aromatic nitrogens is 2. The van der Waals surface area contributed by atoms with E-state index in [1.807, 2.05) is 6.07 Å². The molecule has 0 bridgehead atoms. The van der Waals surface area contributed by atoms with Gasteiger partial charge in [0.15, 0.2) is 11.5 Å². The summed E-state index contributed by atoms with van der Waals surface area (Å²) in [5.74, 6) is 2.08. The first-order valence-corrected chi connectivity index (χ1v) is 15.5. The van der Waals surface area contributed by atoms with Gasteiger partial charge < -0.3 is 24.1 Å². The first kappa shape index (κ1) is 29.8. The van der Waals surface area contributed by atoms with E-state index in [0.717, 1.165) is 24.8 Å². The van der Waals surface area contributed by atoms with Gasteiger partial charge in [0, 0.05) is 30.3 Å². The van der Waals surface area contributed by atoms with Gasteiger partial charge in [0.2, 0.25) is 27.6 Å². The molecular formula is C29H37N5O7S. The van der Waals surface area contributed by atoms with Crippen LogP contribution in [0.2, 0.25) is 0 Å². The molecule has 226 valence electrons. The van der Waals surface area contributed by atoms with Crippen LogP contribution in [0.25, 0.3) is 11.4 Å². The molecule has 3 aromatic rings. The van der Waals surface area contributed by atoms with E-state index in [9.17, 15) is 13.2 Å². The minimum atomic E-state index is -3.73. The van der Waals surface area contributed by atoms with Gasteiger partial charge in [0.1, 0.15) is 10.6 Å². The summed E-state index contributed by atoms with van der Waals surface area (Å²) in [5.41, 5.74) is 1.19. The van der Waals surface area contributed by atoms with Gasteiger partial charge in [0.05, 0.1) is 27.9 Å². The van der Waals surface area contributed by atoms with Gasteiger partial charge in [-0.15, -0.1) is 0 Å². The summed E-state index contributed by atoms with van der Waals surface area (Å²) in [6.45, 7) is 2.82. The number of methoxy groups -OCH3 is 3. The Balaban J connectivity index is 1.17. The largest absolute Gasteiger partial charge is 0.495 e. The maximum atomic E-state index is 13.3. The number of likely N-dealkylation sites (tertiary alicyclic amines) is 1. The van der Waals surface area contributed by atoms with Gasteiger partial charge >= 0.3 is 0 Å². The quantitative estimate of drug-likeness (QED) is 0.367. The van der Waals surface area contributed by atoms with E-state index < -0.39 is 10.0 Å². The minimum Gasteiger partial charge on any atom is -0.495 e. The van der Waals surface area contributed by atoms with Crippen molar-refractivity contribution in [2.75, 3.05) is 52.8 Å². The van der Waals surface area contributed by atoms with Crippen LogP contribution in [0.1, 0.15) is 38.0 Å². The summed E-state index contributed by atoms with van der Waals surface area (Å²) in [4.78, 5) is 19.9. The van der Waals surface area contributed by atoms with Gasteiger partial charge in [-0.3, -0.25) is 9.69 Å². The average Bonchev–Trinajstić information content (AvgIpc) is 3.49. The molecule has 2 aromatic carbocycles. The first-order chi connectivity index (χ1) is 20.3. The third kappa shape index (κ3) is 6.53. The predicted molar refractivity (Wildman–Crippen MR) is 155 cm³/mol. The van der Waals surface area contributed by atoms with E-state index in [1.54, 1.807) is 38.5 Å². The van der Waals surface area contributed by atoms with Crippen molar-refractivity contribution in [3.63, 3.8) is 0 Å². The van der Waals surface area contributed by atoms with Crippen molar-refractivity contribution in [3.8, 4) is 28.6 Å². The molecule has 0 unspecified atom stereocenters. The highest BCUT2D eigenvalue weighted by molar-refractivity contribution is 7.89. The summed E-state index contributed by atoms with van der Waals surface area (Å²) in [6, 6.07) is 10.2. The zero-order valence-electron chi connectivity index (χ0n) is 24.2. The fourth-order valence-corrected chi connectivity index (χ4v) is 7.10. The Labute approximate surface area is 246 Å². The first-order valence-electron chi connectivity index (χ1n) is 14.1. The van der Waals surface area contributed by atoms with Crippen molar-refractivity contribution in [2.45, 2.75) is 43.5 Å². The molecule has 0 aliphatic carbocycles. The number of nitrogens with zero attached hydrogens (tertiary/aromatic N) is 4. The number of sulfonamides is 1. The van der Waals surface area contributed by atoms with Crippen molar-refractivity contribution in [1.29, 1.82) is 0 Å². The second kappa shape index (κ2) is 13.1. The lowest BCUT2D eigenvalue weighted by Gasteiger charge is -2.30. The van der Waals surface area contributed by atoms with Crippen LogP contribution < -0.4 is 19.5 Å². The number of piperidine rings is 2.